The Morgan fingerprint density at radius 2 is 2.31 bits per heavy atom. The van der Waals surface area contributed by atoms with E-state index in [0.717, 1.165) is 17.7 Å². The third kappa shape index (κ3) is 1.98. The number of aryl methyl sites for hydroxylation is 2. The molecule has 1 aromatic rings. The summed E-state index contributed by atoms with van der Waals surface area (Å²) in [7, 11) is 1.86. The second-order valence-corrected chi connectivity index (χ2v) is 4.15. The lowest BCUT2D eigenvalue weighted by Gasteiger charge is -2.04. The van der Waals surface area contributed by atoms with Gasteiger partial charge < -0.3 is 0 Å². The molecule has 1 unspecified atom stereocenters. The Balaban J connectivity index is 2.14. The van der Waals surface area contributed by atoms with Gasteiger partial charge in [-0.05, 0) is 18.4 Å². The van der Waals surface area contributed by atoms with Gasteiger partial charge in [-0.3, -0.25) is 19.6 Å². The van der Waals surface area contributed by atoms with Crippen molar-refractivity contribution in [3.05, 3.63) is 17.5 Å². The van der Waals surface area contributed by atoms with Crippen LogP contribution in [0.3, 0.4) is 0 Å². The van der Waals surface area contributed by atoms with Crippen molar-refractivity contribution in [2.75, 3.05) is 0 Å². The molecule has 1 aliphatic rings. The van der Waals surface area contributed by atoms with E-state index in [1.807, 2.05) is 20.2 Å². The summed E-state index contributed by atoms with van der Waals surface area (Å²) in [6.07, 6.45) is 3.68. The van der Waals surface area contributed by atoms with E-state index >= 15 is 0 Å². The van der Waals surface area contributed by atoms with E-state index in [0.29, 0.717) is 12.8 Å². The molecule has 5 nitrogen and oxygen atoms in total. The van der Waals surface area contributed by atoms with Crippen LogP contribution in [0.2, 0.25) is 0 Å². The van der Waals surface area contributed by atoms with Gasteiger partial charge in [0.1, 0.15) is 0 Å². The summed E-state index contributed by atoms with van der Waals surface area (Å²) < 4.78 is 1.75. The number of imide groups is 1. The number of nitrogens with one attached hydrogen (secondary N) is 1. The molecule has 1 aliphatic heterocycles. The van der Waals surface area contributed by atoms with E-state index in [1.165, 1.54) is 0 Å². The molecule has 16 heavy (non-hydrogen) atoms. The lowest BCUT2D eigenvalue weighted by molar-refractivity contribution is -0.125. The summed E-state index contributed by atoms with van der Waals surface area (Å²) in [5.41, 5.74) is 2.08. The van der Waals surface area contributed by atoms with Crippen LogP contribution in [-0.4, -0.2) is 21.6 Å². The van der Waals surface area contributed by atoms with Gasteiger partial charge in [-0.25, -0.2) is 0 Å². The fourth-order valence-electron chi connectivity index (χ4n) is 2.09. The number of hydrogen-bond donors (Lipinski definition) is 1. The molecule has 1 fully saturated rings. The molecule has 0 aromatic carbocycles. The van der Waals surface area contributed by atoms with Gasteiger partial charge in [0, 0.05) is 19.7 Å². The summed E-state index contributed by atoms with van der Waals surface area (Å²) in [4.78, 5) is 22.5. The summed E-state index contributed by atoms with van der Waals surface area (Å²) in [6, 6.07) is 0. The van der Waals surface area contributed by atoms with Crippen LogP contribution in [0.5, 0.6) is 0 Å². The van der Waals surface area contributed by atoms with Gasteiger partial charge in [0.25, 0.3) is 0 Å². The van der Waals surface area contributed by atoms with Crippen molar-refractivity contribution in [1.29, 1.82) is 0 Å². The molecule has 2 rings (SSSR count). The zero-order chi connectivity index (χ0) is 11.7. The molecule has 0 aliphatic carbocycles. The number of hydrogen-bond acceptors (Lipinski definition) is 3. The second kappa shape index (κ2) is 4.08. The summed E-state index contributed by atoms with van der Waals surface area (Å²) in [5, 5.41) is 6.64. The van der Waals surface area contributed by atoms with Crippen molar-refractivity contribution in [2.45, 2.75) is 26.2 Å². The molecule has 86 valence electrons. The van der Waals surface area contributed by atoms with Crippen molar-refractivity contribution < 1.29 is 9.59 Å². The van der Waals surface area contributed by atoms with Gasteiger partial charge >= 0.3 is 0 Å². The fourth-order valence-corrected chi connectivity index (χ4v) is 2.09. The highest BCUT2D eigenvalue weighted by atomic mass is 16.2. The SMILES string of the molecule is CCc1nn(C)cc1CC1CC(=O)NC1=O. The molecule has 0 bridgehead atoms. The molecule has 0 radical (unpaired) electrons. The Labute approximate surface area is 93.8 Å². The molecule has 1 atom stereocenters. The molecule has 1 aromatic heterocycles. The monoisotopic (exact) mass is 221 g/mol. The second-order valence-electron chi connectivity index (χ2n) is 4.15. The van der Waals surface area contributed by atoms with Gasteiger partial charge in [-0.15, -0.1) is 0 Å². The van der Waals surface area contributed by atoms with Crippen LogP contribution in [-0.2, 0) is 29.5 Å². The Morgan fingerprint density at radius 1 is 1.56 bits per heavy atom. The highest BCUT2D eigenvalue weighted by molar-refractivity contribution is 6.03. The largest absolute Gasteiger partial charge is 0.296 e. The molecule has 5 heteroatoms. The number of nitrogens with zero attached hydrogens (tertiary/aromatic N) is 2. The van der Waals surface area contributed by atoms with Crippen LogP contribution in [0, 0.1) is 5.92 Å². The third-order valence-corrected chi connectivity index (χ3v) is 2.86. The van der Waals surface area contributed by atoms with E-state index in [9.17, 15) is 9.59 Å². The maximum absolute atomic E-state index is 11.4. The molecular formula is C11H15N3O2. The molecule has 0 saturated carbocycles. The highest BCUT2D eigenvalue weighted by Crippen LogP contribution is 2.19. The van der Waals surface area contributed by atoms with Gasteiger partial charge in [0.15, 0.2) is 0 Å². The lowest BCUT2D eigenvalue weighted by atomic mass is 9.98. The first-order valence-corrected chi connectivity index (χ1v) is 5.45. The first kappa shape index (κ1) is 10.9. The Bertz CT molecular complexity index is 436. The summed E-state index contributed by atoms with van der Waals surface area (Å²) in [5.74, 6) is -0.546. The first-order chi connectivity index (χ1) is 7.60. The van der Waals surface area contributed by atoms with Crippen molar-refractivity contribution in [1.82, 2.24) is 15.1 Å². The molecule has 0 spiro atoms. The predicted molar refractivity (Wildman–Crippen MR) is 57.5 cm³/mol. The Kier molecular flexibility index (Phi) is 2.77. The van der Waals surface area contributed by atoms with Crippen LogP contribution >= 0.6 is 0 Å². The smallest absolute Gasteiger partial charge is 0.230 e. The summed E-state index contributed by atoms with van der Waals surface area (Å²) >= 11 is 0. The van der Waals surface area contributed by atoms with E-state index in [-0.39, 0.29) is 17.7 Å². The maximum Gasteiger partial charge on any atom is 0.230 e. The molecular weight excluding hydrogens is 206 g/mol. The number of carbonyl (C=O) groups excluding carboxylic acids is 2. The van der Waals surface area contributed by atoms with Crippen LogP contribution in [0.4, 0.5) is 0 Å². The van der Waals surface area contributed by atoms with Crippen molar-refractivity contribution >= 4 is 11.8 Å². The number of rotatable bonds is 3. The number of amides is 2. The quantitative estimate of drug-likeness (QED) is 0.741. The molecule has 1 saturated heterocycles. The molecule has 1 N–H and O–H groups in total. The fraction of sp³-hybridized carbons (Fsp3) is 0.545. The summed E-state index contributed by atoms with van der Waals surface area (Å²) in [6.45, 7) is 2.03. The topological polar surface area (TPSA) is 64.0 Å². The van der Waals surface area contributed by atoms with Crippen LogP contribution in [0.15, 0.2) is 6.20 Å². The standard InChI is InChI=1S/C11H15N3O2/c1-3-9-8(6-14(2)13-9)4-7-5-10(15)12-11(7)16/h6-7H,3-5H2,1-2H3,(H,12,15,16). The van der Waals surface area contributed by atoms with Gasteiger partial charge in [0.05, 0.1) is 11.6 Å². The van der Waals surface area contributed by atoms with E-state index in [2.05, 4.69) is 10.4 Å². The predicted octanol–water partition coefficient (Wildman–Crippen LogP) is 0.188. The minimum absolute atomic E-state index is 0.157. The average Bonchev–Trinajstić information content (AvgIpc) is 2.71. The van der Waals surface area contributed by atoms with Gasteiger partial charge in [0.2, 0.25) is 11.8 Å². The maximum atomic E-state index is 11.4. The van der Waals surface area contributed by atoms with Crippen LogP contribution in [0.25, 0.3) is 0 Å². The zero-order valence-corrected chi connectivity index (χ0v) is 9.49. The number of carbonyl (C=O) groups is 2. The minimum atomic E-state index is -0.220. The zero-order valence-electron chi connectivity index (χ0n) is 9.49. The normalized spacial score (nSPS) is 20.2. The van der Waals surface area contributed by atoms with Crippen LogP contribution in [0.1, 0.15) is 24.6 Å². The Morgan fingerprint density at radius 3 is 2.88 bits per heavy atom. The molecule has 2 heterocycles. The van der Waals surface area contributed by atoms with Crippen molar-refractivity contribution in [3.8, 4) is 0 Å². The van der Waals surface area contributed by atoms with E-state index in [1.54, 1.807) is 4.68 Å². The third-order valence-electron chi connectivity index (χ3n) is 2.86. The van der Waals surface area contributed by atoms with Crippen LogP contribution < -0.4 is 5.32 Å². The number of aromatic nitrogens is 2. The van der Waals surface area contributed by atoms with E-state index in [4.69, 9.17) is 0 Å². The molecule has 2 amide bonds. The Hall–Kier alpha value is -1.65. The minimum Gasteiger partial charge on any atom is -0.296 e. The lowest BCUT2D eigenvalue weighted by Crippen LogP contribution is -2.23. The highest BCUT2D eigenvalue weighted by Gasteiger charge is 2.31. The van der Waals surface area contributed by atoms with E-state index < -0.39 is 0 Å². The first-order valence-electron chi connectivity index (χ1n) is 5.45. The van der Waals surface area contributed by atoms with Crippen molar-refractivity contribution in [3.63, 3.8) is 0 Å². The van der Waals surface area contributed by atoms with Gasteiger partial charge in [-0.2, -0.15) is 5.10 Å². The average molecular weight is 221 g/mol. The van der Waals surface area contributed by atoms with Gasteiger partial charge in [-0.1, -0.05) is 6.92 Å². The van der Waals surface area contributed by atoms with Crippen molar-refractivity contribution in [2.24, 2.45) is 13.0 Å².